The van der Waals surface area contributed by atoms with Gasteiger partial charge in [0.15, 0.2) is 0 Å². The molecule has 0 saturated heterocycles. The zero-order chi connectivity index (χ0) is 42.2. The number of non-ortho nitro benzene ring substituents is 2. The molecule has 0 radical (unpaired) electrons. The molecular weight excluding hydrogens is 769 g/mol. The van der Waals surface area contributed by atoms with Gasteiger partial charge in [0.1, 0.15) is 11.4 Å². The second-order valence-electron chi connectivity index (χ2n) is 14.0. The van der Waals surface area contributed by atoms with E-state index in [1.807, 2.05) is 48.5 Å². The van der Waals surface area contributed by atoms with Crippen LogP contribution in [-0.2, 0) is 12.8 Å². The zero-order valence-corrected chi connectivity index (χ0v) is 31.8. The summed E-state index contributed by atoms with van der Waals surface area (Å²) in [4.78, 5) is 41.5. The summed E-state index contributed by atoms with van der Waals surface area (Å²) in [7, 11) is 0. The van der Waals surface area contributed by atoms with Crippen LogP contribution in [0.15, 0.2) is 144 Å². The van der Waals surface area contributed by atoms with Crippen molar-refractivity contribution in [3.05, 3.63) is 196 Å². The highest BCUT2D eigenvalue weighted by Gasteiger charge is 2.25. The first kappa shape index (κ1) is 40.1. The van der Waals surface area contributed by atoms with E-state index in [-0.39, 0.29) is 34.6 Å². The number of hydrogen-bond donors (Lipinski definition) is 2. The number of rotatable bonds is 12. The van der Waals surface area contributed by atoms with Crippen LogP contribution >= 0.6 is 0 Å². The Bertz CT molecular complexity index is 2500. The summed E-state index contributed by atoms with van der Waals surface area (Å²) in [6.07, 6.45) is 6.47. The maximum absolute atomic E-state index is 11.2. The van der Waals surface area contributed by atoms with Crippen molar-refractivity contribution in [1.82, 2.24) is 0 Å². The van der Waals surface area contributed by atoms with Gasteiger partial charge < -0.3 is 0 Å². The molecular formula is C44H36N8O8. The van der Waals surface area contributed by atoms with Crippen LogP contribution in [0.2, 0.25) is 0 Å². The fourth-order valence-corrected chi connectivity index (χ4v) is 7.64. The monoisotopic (exact) mass is 804 g/mol. The van der Waals surface area contributed by atoms with E-state index in [2.05, 4.69) is 69.6 Å². The zero-order valence-electron chi connectivity index (χ0n) is 31.8. The van der Waals surface area contributed by atoms with Crippen LogP contribution in [0.3, 0.4) is 0 Å². The van der Waals surface area contributed by atoms with Gasteiger partial charge >= 0.3 is 11.4 Å². The van der Waals surface area contributed by atoms with Crippen molar-refractivity contribution in [3.63, 3.8) is 0 Å². The van der Waals surface area contributed by atoms with Gasteiger partial charge in [0, 0.05) is 24.6 Å². The van der Waals surface area contributed by atoms with E-state index in [0.29, 0.717) is 12.8 Å². The number of hydrazone groups is 2. The number of fused-ring (bicyclic) bond motifs is 6. The molecule has 0 amide bonds. The third-order valence-corrected chi connectivity index (χ3v) is 10.5. The second kappa shape index (κ2) is 18.0. The standard InChI is InChI=1S/2C22H18N4O4/c2*27-25(28)17-9-10-21(22(14-17)26(29)30)24-23-12-11-16-13-15-5-1-2-6-18(15)20-8-4-3-7-19(16)20/h2*1-10,12,14,16,24H,11,13H2/b2*23-12+/t2*16-/m11/s1. The van der Waals surface area contributed by atoms with Gasteiger partial charge in [-0.3, -0.25) is 51.3 Å². The van der Waals surface area contributed by atoms with E-state index in [0.717, 1.165) is 25.0 Å². The van der Waals surface area contributed by atoms with Crippen molar-refractivity contribution in [2.24, 2.45) is 10.2 Å². The lowest BCUT2D eigenvalue weighted by Gasteiger charge is -2.26. The summed E-state index contributed by atoms with van der Waals surface area (Å²) in [5, 5.41) is 52.4. The van der Waals surface area contributed by atoms with E-state index >= 15 is 0 Å². The van der Waals surface area contributed by atoms with E-state index in [1.54, 1.807) is 12.4 Å². The average Bonchev–Trinajstić information content (AvgIpc) is 3.26. The molecule has 2 aliphatic carbocycles. The lowest BCUT2D eigenvalue weighted by Crippen LogP contribution is -2.12. The molecule has 60 heavy (non-hydrogen) atoms. The fraction of sp³-hybridized carbons (Fsp3) is 0.136. The Hall–Kier alpha value is -8.14. The van der Waals surface area contributed by atoms with Crippen LogP contribution in [0.1, 0.15) is 46.9 Å². The lowest BCUT2D eigenvalue weighted by molar-refractivity contribution is -0.393. The van der Waals surface area contributed by atoms with E-state index in [9.17, 15) is 40.5 Å². The summed E-state index contributed by atoms with van der Waals surface area (Å²) in [5.74, 6) is 0.488. The number of hydrogen-bond acceptors (Lipinski definition) is 12. The summed E-state index contributed by atoms with van der Waals surface area (Å²) < 4.78 is 0. The molecule has 0 spiro atoms. The van der Waals surface area contributed by atoms with E-state index in [4.69, 9.17) is 0 Å². The Morgan fingerprint density at radius 3 is 1.23 bits per heavy atom. The van der Waals surface area contributed by atoms with Gasteiger partial charge in [-0.1, -0.05) is 97.1 Å². The van der Waals surface area contributed by atoms with Crippen molar-refractivity contribution < 1.29 is 19.7 Å². The second-order valence-corrected chi connectivity index (χ2v) is 14.0. The van der Waals surface area contributed by atoms with Gasteiger partial charge in [0.05, 0.1) is 31.8 Å². The maximum atomic E-state index is 11.2. The Morgan fingerprint density at radius 2 is 0.850 bits per heavy atom. The van der Waals surface area contributed by atoms with E-state index in [1.165, 1.54) is 68.8 Å². The van der Waals surface area contributed by atoms with Crippen LogP contribution in [0, 0.1) is 40.5 Å². The molecule has 0 unspecified atom stereocenters. The predicted molar refractivity (Wildman–Crippen MR) is 230 cm³/mol. The molecule has 2 aliphatic rings. The largest absolute Gasteiger partial charge is 0.301 e. The molecule has 16 nitrogen and oxygen atoms in total. The highest BCUT2D eigenvalue weighted by molar-refractivity contribution is 5.77. The molecule has 0 aromatic heterocycles. The van der Waals surface area contributed by atoms with E-state index < -0.39 is 31.1 Å². The minimum Gasteiger partial charge on any atom is -0.272 e. The number of nitrogens with zero attached hydrogens (tertiary/aromatic N) is 6. The third kappa shape index (κ3) is 8.87. The van der Waals surface area contributed by atoms with Crippen LogP contribution in [-0.4, -0.2) is 32.1 Å². The van der Waals surface area contributed by atoms with Gasteiger partial charge in [-0.2, -0.15) is 10.2 Å². The molecule has 0 aliphatic heterocycles. The number of nitro groups is 4. The van der Waals surface area contributed by atoms with Crippen LogP contribution in [0.5, 0.6) is 0 Å². The van der Waals surface area contributed by atoms with Gasteiger partial charge in [-0.05, 0) is 94.2 Å². The molecule has 6 aromatic carbocycles. The van der Waals surface area contributed by atoms with Gasteiger partial charge in [-0.15, -0.1) is 0 Å². The average molecular weight is 805 g/mol. The summed E-state index contributed by atoms with van der Waals surface area (Å²) in [6, 6.07) is 40.1. The highest BCUT2D eigenvalue weighted by atomic mass is 16.6. The molecule has 2 N–H and O–H groups in total. The quantitative estimate of drug-likeness (QED) is 0.0676. The molecule has 300 valence electrons. The Labute approximate surface area is 342 Å². The summed E-state index contributed by atoms with van der Waals surface area (Å²) in [6.45, 7) is 0. The Balaban J connectivity index is 0.000000181. The molecule has 8 rings (SSSR count). The van der Waals surface area contributed by atoms with Crippen molar-refractivity contribution in [2.75, 3.05) is 10.9 Å². The minimum absolute atomic E-state index is 0.108. The molecule has 0 bridgehead atoms. The number of nitro benzene ring substituents is 4. The minimum atomic E-state index is -0.668. The van der Waals surface area contributed by atoms with Gasteiger partial charge in [0.2, 0.25) is 0 Å². The van der Waals surface area contributed by atoms with Gasteiger partial charge in [0.25, 0.3) is 11.4 Å². The molecule has 2 atom stereocenters. The first-order valence-electron chi connectivity index (χ1n) is 18.8. The fourth-order valence-electron chi connectivity index (χ4n) is 7.64. The predicted octanol–water partition coefficient (Wildman–Crippen LogP) is 10.6. The summed E-state index contributed by atoms with van der Waals surface area (Å²) in [5.41, 5.74) is 14.1. The number of benzene rings is 6. The first-order valence-corrected chi connectivity index (χ1v) is 18.8. The van der Waals surface area contributed by atoms with Crippen molar-refractivity contribution in [2.45, 2.75) is 37.5 Å². The third-order valence-electron chi connectivity index (χ3n) is 10.5. The SMILES string of the molecule is O=[N+]([O-])c1ccc(N/N=C/C[C@@H]2Cc3ccccc3-c3ccccc32)c([N+](=O)[O-])c1.O=[N+]([O-])c1ccc(N/N=C/C[C@@H]2Cc3ccccc3-c3ccccc32)c([N+](=O)[O-])c1. The van der Waals surface area contributed by atoms with Crippen molar-refractivity contribution in [3.8, 4) is 22.3 Å². The smallest absolute Gasteiger partial charge is 0.272 e. The lowest BCUT2D eigenvalue weighted by atomic mass is 9.77. The topological polar surface area (TPSA) is 221 Å². The van der Waals surface area contributed by atoms with Crippen LogP contribution in [0.4, 0.5) is 34.1 Å². The normalized spacial score (nSPS) is 14.7. The van der Waals surface area contributed by atoms with Crippen LogP contribution < -0.4 is 10.9 Å². The first-order chi connectivity index (χ1) is 29.1. The molecule has 0 heterocycles. The molecule has 0 saturated carbocycles. The summed E-state index contributed by atoms with van der Waals surface area (Å²) >= 11 is 0. The molecule has 6 aromatic rings. The maximum Gasteiger partial charge on any atom is 0.301 e. The number of nitrogens with one attached hydrogen (secondary N) is 2. The van der Waals surface area contributed by atoms with Gasteiger partial charge in [-0.25, -0.2) is 0 Å². The van der Waals surface area contributed by atoms with Crippen LogP contribution in [0.25, 0.3) is 22.3 Å². The highest BCUT2D eigenvalue weighted by Crippen LogP contribution is 2.42. The molecule has 0 fully saturated rings. The number of anilines is 2. The Kier molecular flexibility index (Phi) is 12.0. The van der Waals surface area contributed by atoms with Crippen molar-refractivity contribution >= 4 is 46.6 Å². The molecule has 16 heteroatoms. The Morgan fingerprint density at radius 1 is 0.483 bits per heavy atom. The van der Waals surface area contributed by atoms with Crippen molar-refractivity contribution in [1.29, 1.82) is 0 Å².